The summed E-state index contributed by atoms with van der Waals surface area (Å²) in [5.74, 6) is 0. The number of amides is 1. The normalized spacial score (nSPS) is 29.7. The van der Waals surface area contributed by atoms with Gasteiger partial charge in [-0.1, -0.05) is 0 Å². The van der Waals surface area contributed by atoms with E-state index in [1.54, 1.807) is 0 Å². The highest BCUT2D eigenvalue weighted by Crippen LogP contribution is 2.18. The molecule has 60 valence electrons. The van der Waals surface area contributed by atoms with Crippen LogP contribution in [0.15, 0.2) is 0 Å². The van der Waals surface area contributed by atoms with Crippen molar-refractivity contribution < 1.29 is 15.0 Å². The zero-order chi connectivity index (χ0) is 6.85. The Labute approximate surface area is 64.6 Å². The Morgan fingerprint density at radius 2 is 2.00 bits per heavy atom. The molecule has 0 heterocycles. The molecule has 0 unspecified atom stereocenters. The molecule has 4 nitrogen and oxygen atoms in total. The summed E-state index contributed by atoms with van der Waals surface area (Å²) in [5, 5.41) is 19.1. The van der Waals surface area contributed by atoms with Gasteiger partial charge >= 0.3 is 6.09 Å². The van der Waals surface area contributed by atoms with Crippen molar-refractivity contribution in [1.29, 1.82) is 0 Å². The summed E-state index contributed by atoms with van der Waals surface area (Å²) >= 11 is 0. The molecule has 1 saturated carbocycles. The predicted octanol–water partition coefficient (Wildman–Crippen LogP) is 0.199. The molecule has 1 amide bonds. The molecule has 1 fully saturated rings. The van der Waals surface area contributed by atoms with Crippen LogP contribution in [0.4, 0.5) is 4.79 Å². The Kier molecular flexibility index (Phi) is 3.46. The van der Waals surface area contributed by atoms with Crippen LogP contribution in [-0.2, 0) is 0 Å². The molecule has 0 saturated heterocycles. The fourth-order valence-electron chi connectivity index (χ4n) is 0.880. The second kappa shape index (κ2) is 3.63. The molecule has 1 aliphatic carbocycles. The molecule has 0 aliphatic heterocycles. The molecule has 0 aromatic heterocycles. The summed E-state index contributed by atoms with van der Waals surface area (Å²) in [6.45, 7) is 0. The number of rotatable bonds is 1. The van der Waals surface area contributed by atoms with Crippen LogP contribution in [0.25, 0.3) is 0 Å². The van der Waals surface area contributed by atoms with Crippen LogP contribution in [0.1, 0.15) is 12.8 Å². The van der Waals surface area contributed by atoms with Crippen molar-refractivity contribution in [3.63, 3.8) is 0 Å². The minimum absolute atomic E-state index is 0. The zero-order valence-corrected chi connectivity index (χ0v) is 6.10. The third-order valence-electron chi connectivity index (χ3n) is 1.44. The van der Waals surface area contributed by atoms with Gasteiger partial charge < -0.3 is 15.5 Å². The molecule has 3 N–H and O–H groups in total. The Balaban J connectivity index is 0.000000810. The minimum Gasteiger partial charge on any atom is -0.465 e. The summed E-state index contributed by atoms with van der Waals surface area (Å²) in [6, 6.07) is -0.0162. The monoisotopic (exact) mass is 167 g/mol. The van der Waals surface area contributed by atoms with E-state index in [4.69, 9.17) is 10.2 Å². The van der Waals surface area contributed by atoms with Gasteiger partial charge in [-0.05, 0) is 12.8 Å². The molecular weight excluding hydrogens is 158 g/mol. The topological polar surface area (TPSA) is 69.6 Å². The van der Waals surface area contributed by atoms with Gasteiger partial charge in [0.2, 0.25) is 0 Å². The number of nitrogens with one attached hydrogen (secondary N) is 1. The number of hydrogen-bond acceptors (Lipinski definition) is 2. The van der Waals surface area contributed by atoms with E-state index in [1.165, 1.54) is 0 Å². The van der Waals surface area contributed by atoms with Gasteiger partial charge in [-0.25, -0.2) is 4.79 Å². The number of hydrogen-bond donors (Lipinski definition) is 3. The number of aliphatic hydroxyl groups is 1. The molecule has 10 heavy (non-hydrogen) atoms. The van der Waals surface area contributed by atoms with E-state index in [2.05, 4.69) is 5.32 Å². The molecule has 0 spiro atoms. The lowest BCUT2D eigenvalue weighted by Gasteiger charge is -2.30. The fourth-order valence-corrected chi connectivity index (χ4v) is 0.880. The quantitative estimate of drug-likeness (QED) is 0.523. The Morgan fingerprint density at radius 1 is 1.50 bits per heavy atom. The van der Waals surface area contributed by atoms with E-state index in [9.17, 15) is 4.79 Å². The summed E-state index contributed by atoms with van der Waals surface area (Å²) < 4.78 is 0. The molecule has 0 aromatic carbocycles. The first-order valence-corrected chi connectivity index (χ1v) is 2.86. The van der Waals surface area contributed by atoms with E-state index in [0.717, 1.165) is 0 Å². The largest absolute Gasteiger partial charge is 0.465 e. The van der Waals surface area contributed by atoms with Crippen LogP contribution in [0.2, 0.25) is 0 Å². The molecule has 1 rings (SSSR count). The highest BCUT2D eigenvalue weighted by atomic mass is 35.5. The van der Waals surface area contributed by atoms with E-state index in [1.807, 2.05) is 0 Å². The lowest BCUT2D eigenvalue weighted by Crippen LogP contribution is -2.46. The average Bonchev–Trinajstić information content (AvgIpc) is 1.60. The van der Waals surface area contributed by atoms with Gasteiger partial charge in [0, 0.05) is 6.04 Å². The van der Waals surface area contributed by atoms with Crippen molar-refractivity contribution in [3.05, 3.63) is 0 Å². The Hall–Kier alpha value is -0.480. The van der Waals surface area contributed by atoms with Gasteiger partial charge in [0.1, 0.15) is 0 Å². The molecule has 1 aliphatic rings. The van der Waals surface area contributed by atoms with E-state index >= 15 is 0 Å². The van der Waals surface area contributed by atoms with Crippen molar-refractivity contribution >= 4 is 18.5 Å². The van der Waals surface area contributed by atoms with Crippen LogP contribution < -0.4 is 5.32 Å². The van der Waals surface area contributed by atoms with Crippen LogP contribution in [0, 0.1) is 0 Å². The van der Waals surface area contributed by atoms with Crippen LogP contribution in [0.3, 0.4) is 0 Å². The van der Waals surface area contributed by atoms with Gasteiger partial charge in [-0.3, -0.25) is 0 Å². The zero-order valence-electron chi connectivity index (χ0n) is 5.28. The Bertz CT molecular complexity index is 124. The van der Waals surface area contributed by atoms with Crippen LogP contribution in [0.5, 0.6) is 0 Å². The second-order valence-electron chi connectivity index (χ2n) is 2.27. The van der Waals surface area contributed by atoms with Crippen molar-refractivity contribution in [1.82, 2.24) is 5.32 Å². The first-order chi connectivity index (χ1) is 4.18. The second-order valence-corrected chi connectivity index (χ2v) is 2.27. The van der Waals surface area contributed by atoms with Crippen LogP contribution in [-0.4, -0.2) is 28.5 Å². The van der Waals surface area contributed by atoms with Crippen molar-refractivity contribution in [2.45, 2.75) is 25.0 Å². The first-order valence-electron chi connectivity index (χ1n) is 2.86. The summed E-state index contributed by atoms with van der Waals surface area (Å²) in [4.78, 5) is 9.92. The average molecular weight is 168 g/mol. The van der Waals surface area contributed by atoms with Crippen LogP contribution >= 0.6 is 12.4 Å². The van der Waals surface area contributed by atoms with Crippen molar-refractivity contribution in [3.8, 4) is 0 Å². The first kappa shape index (κ1) is 9.52. The Morgan fingerprint density at radius 3 is 2.30 bits per heavy atom. The van der Waals surface area contributed by atoms with E-state index in [0.29, 0.717) is 12.8 Å². The highest BCUT2D eigenvalue weighted by Gasteiger charge is 2.27. The molecule has 0 atom stereocenters. The third-order valence-corrected chi connectivity index (χ3v) is 1.44. The minimum atomic E-state index is -1.01. The predicted molar refractivity (Wildman–Crippen MR) is 37.4 cm³/mol. The number of carbonyl (C=O) groups is 1. The number of carboxylic acid groups (broad SMARTS) is 1. The summed E-state index contributed by atoms with van der Waals surface area (Å²) in [6.07, 6.45) is -0.174. The molecule has 0 bridgehead atoms. The lowest BCUT2D eigenvalue weighted by molar-refractivity contribution is 0.0624. The van der Waals surface area contributed by atoms with Gasteiger partial charge in [-0.2, -0.15) is 0 Å². The number of aliphatic hydroxyl groups excluding tert-OH is 1. The summed E-state index contributed by atoms with van der Waals surface area (Å²) in [7, 11) is 0. The third kappa shape index (κ3) is 2.41. The molecule has 5 heteroatoms. The molecular formula is C5H10ClNO3. The molecule has 0 aromatic rings. The standard InChI is InChI=1S/C5H9NO3.ClH/c7-4-1-3(2-4)6-5(8)9;/h3-4,6-7H,1-2H2,(H,8,9);1H. The summed E-state index contributed by atoms with van der Waals surface area (Å²) in [5.41, 5.74) is 0. The van der Waals surface area contributed by atoms with Gasteiger partial charge in [0.15, 0.2) is 0 Å². The lowest BCUT2D eigenvalue weighted by atomic mass is 9.90. The van der Waals surface area contributed by atoms with Crippen molar-refractivity contribution in [2.75, 3.05) is 0 Å². The maximum atomic E-state index is 9.92. The fraction of sp³-hybridized carbons (Fsp3) is 0.800. The molecule has 0 radical (unpaired) electrons. The van der Waals surface area contributed by atoms with Gasteiger partial charge in [0.05, 0.1) is 6.10 Å². The maximum Gasteiger partial charge on any atom is 0.404 e. The smallest absolute Gasteiger partial charge is 0.404 e. The number of halogens is 1. The maximum absolute atomic E-state index is 9.92. The highest BCUT2D eigenvalue weighted by molar-refractivity contribution is 5.85. The van der Waals surface area contributed by atoms with Crippen molar-refractivity contribution in [2.24, 2.45) is 0 Å². The van der Waals surface area contributed by atoms with Gasteiger partial charge in [0.25, 0.3) is 0 Å². The van der Waals surface area contributed by atoms with Gasteiger partial charge in [-0.15, -0.1) is 12.4 Å². The van der Waals surface area contributed by atoms with E-state index < -0.39 is 6.09 Å². The van der Waals surface area contributed by atoms with E-state index in [-0.39, 0.29) is 24.6 Å². The SMILES string of the molecule is Cl.O=C(O)NC1CC(O)C1.